The minimum Gasteiger partial charge on any atom is -0.122 e. The van der Waals surface area contributed by atoms with Crippen molar-refractivity contribution in [1.29, 1.82) is 0 Å². The summed E-state index contributed by atoms with van der Waals surface area (Å²) in [5.74, 6) is 0.661. The Morgan fingerprint density at radius 3 is 2.15 bits per heavy atom. The van der Waals surface area contributed by atoms with Crippen LogP contribution < -0.4 is 0 Å². The van der Waals surface area contributed by atoms with Crippen molar-refractivity contribution < 1.29 is 0 Å². The fourth-order valence-corrected chi connectivity index (χ4v) is 5.29. The number of alkyl halides is 1. The molecule has 0 aliphatic heterocycles. The molecule has 0 nitrogen and oxygen atoms in total. The lowest BCUT2D eigenvalue weighted by Gasteiger charge is -2.24. The molecule has 0 aromatic heterocycles. The summed E-state index contributed by atoms with van der Waals surface area (Å²) in [5.41, 5.74) is 4.20. The number of rotatable bonds is 6. The lowest BCUT2D eigenvalue weighted by Crippen LogP contribution is -2.26. The van der Waals surface area contributed by atoms with Crippen LogP contribution in [0.1, 0.15) is 32.3 Å². The molecule has 2 heteroatoms. The van der Waals surface area contributed by atoms with E-state index in [-0.39, 0.29) is 0 Å². The molecule has 0 fully saturated rings. The van der Waals surface area contributed by atoms with Crippen LogP contribution >= 0.6 is 11.6 Å². The lowest BCUT2D eigenvalue weighted by atomic mass is 10.00. The quantitative estimate of drug-likeness (QED) is 0.328. The first-order chi connectivity index (χ1) is 9.36. The second-order valence-corrected chi connectivity index (χ2v) is 11.9. The van der Waals surface area contributed by atoms with Crippen molar-refractivity contribution in [3.8, 4) is 0 Å². The topological polar surface area (TPSA) is 0 Å². The molecule has 1 aromatic rings. The standard InChI is InChI=1S/C18H27ClSi/c1-15(2)10-9-13-17(16-11-7-6-8-12-16)18(14-19)20(3,4)5/h6-8,10-12H,9,13-14H2,1-5H3/b18-17-. The van der Waals surface area contributed by atoms with Crippen molar-refractivity contribution in [2.45, 2.75) is 46.3 Å². The molecule has 0 spiro atoms. The zero-order chi connectivity index (χ0) is 15.2. The van der Waals surface area contributed by atoms with E-state index in [9.17, 15) is 0 Å². The van der Waals surface area contributed by atoms with Crippen LogP contribution in [0.3, 0.4) is 0 Å². The van der Waals surface area contributed by atoms with E-state index in [0.29, 0.717) is 5.88 Å². The number of halogens is 1. The Morgan fingerprint density at radius 1 is 1.10 bits per heavy atom. The summed E-state index contributed by atoms with van der Waals surface area (Å²) in [4.78, 5) is 0. The number of hydrogen-bond acceptors (Lipinski definition) is 0. The summed E-state index contributed by atoms with van der Waals surface area (Å²) in [7, 11) is -1.38. The molecule has 0 saturated carbocycles. The Hall–Kier alpha value is -0.793. The molecule has 0 aliphatic carbocycles. The van der Waals surface area contributed by atoms with E-state index in [1.165, 1.54) is 21.9 Å². The second kappa shape index (κ2) is 7.85. The average Bonchev–Trinajstić information content (AvgIpc) is 2.37. The normalized spacial score (nSPS) is 12.9. The van der Waals surface area contributed by atoms with E-state index in [1.807, 2.05) is 0 Å². The Balaban J connectivity index is 3.20. The summed E-state index contributed by atoms with van der Waals surface area (Å²) >= 11 is 6.30. The minimum atomic E-state index is -1.38. The third-order valence-corrected chi connectivity index (χ3v) is 6.25. The van der Waals surface area contributed by atoms with E-state index in [0.717, 1.165) is 12.8 Å². The van der Waals surface area contributed by atoms with Gasteiger partial charge in [-0.1, -0.05) is 66.8 Å². The van der Waals surface area contributed by atoms with Gasteiger partial charge in [0.25, 0.3) is 0 Å². The van der Waals surface area contributed by atoms with Gasteiger partial charge in [0.05, 0.1) is 8.07 Å². The van der Waals surface area contributed by atoms with Crippen molar-refractivity contribution in [3.05, 3.63) is 52.7 Å². The average molecular weight is 307 g/mol. The highest BCUT2D eigenvalue weighted by molar-refractivity contribution is 6.84. The molecule has 0 atom stereocenters. The van der Waals surface area contributed by atoms with Gasteiger partial charge < -0.3 is 0 Å². The minimum absolute atomic E-state index is 0.661. The fourth-order valence-electron chi connectivity index (χ4n) is 2.35. The molecule has 110 valence electrons. The molecule has 1 aromatic carbocycles. The van der Waals surface area contributed by atoms with E-state index in [2.05, 4.69) is 69.9 Å². The molecule has 0 amide bonds. The van der Waals surface area contributed by atoms with Crippen LogP contribution in [0.15, 0.2) is 47.2 Å². The highest BCUT2D eigenvalue weighted by Crippen LogP contribution is 2.30. The van der Waals surface area contributed by atoms with Gasteiger partial charge in [-0.2, -0.15) is 0 Å². The van der Waals surface area contributed by atoms with Gasteiger partial charge >= 0.3 is 0 Å². The first kappa shape index (κ1) is 17.3. The highest BCUT2D eigenvalue weighted by Gasteiger charge is 2.22. The summed E-state index contributed by atoms with van der Waals surface area (Å²) in [6.07, 6.45) is 4.50. The van der Waals surface area contributed by atoms with E-state index in [4.69, 9.17) is 11.6 Å². The van der Waals surface area contributed by atoms with Gasteiger partial charge in [0.1, 0.15) is 0 Å². The monoisotopic (exact) mass is 306 g/mol. The maximum absolute atomic E-state index is 6.30. The second-order valence-electron chi connectivity index (χ2n) is 6.53. The zero-order valence-electron chi connectivity index (χ0n) is 13.5. The van der Waals surface area contributed by atoms with Gasteiger partial charge in [0, 0.05) is 5.88 Å². The Labute approximate surface area is 130 Å². The van der Waals surface area contributed by atoms with Crippen LogP contribution in [-0.4, -0.2) is 14.0 Å². The first-order valence-electron chi connectivity index (χ1n) is 7.33. The van der Waals surface area contributed by atoms with Gasteiger partial charge in [0.15, 0.2) is 0 Å². The molecule has 0 saturated heterocycles. The summed E-state index contributed by atoms with van der Waals surface area (Å²) in [6.45, 7) is 11.5. The van der Waals surface area contributed by atoms with Gasteiger partial charge in [-0.15, -0.1) is 11.6 Å². The van der Waals surface area contributed by atoms with Crippen LogP contribution in [0.25, 0.3) is 5.57 Å². The summed E-state index contributed by atoms with van der Waals surface area (Å²) < 4.78 is 0. The maximum Gasteiger partial charge on any atom is 0.0743 e. The molecule has 1 rings (SSSR count). The van der Waals surface area contributed by atoms with Crippen molar-refractivity contribution in [1.82, 2.24) is 0 Å². The largest absolute Gasteiger partial charge is 0.122 e. The van der Waals surface area contributed by atoms with Crippen LogP contribution in [0.2, 0.25) is 19.6 Å². The fraction of sp³-hybridized carbons (Fsp3) is 0.444. The molecule has 0 radical (unpaired) electrons. The maximum atomic E-state index is 6.30. The first-order valence-corrected chi connectivity index (χ1v) is 11.4. The summed E-state index contributed by atoms with van der Waals surface area (Å²) in [6, 6.07) is 10.7. The van der Waals surface area contributed by atoms with E-state index >= 15 is 0 Å². The Morgan fingerprint density at radius 2 is 1.70 bits per heavy atom. The third-order valence-electron chi connectivity index (χ3n) is 3.47. The van der Waals surface area contributed by atoms with Gasteiger partial charge in [-0.05, 0) is 37.8 Å². The smallest absolute Gasteiger partial charge is 0.0743 e. The predicted molar refractivity (Wildman–Crippen MR) is 96.1 cm³/mol. The lowest BCUT2D eigenvalue weighted by molar-refractivity contribution is 1.04. The Kier molecular flexibility index (Phi) is 6.77. The van der Waals surface area contributed by atoms with Crippen molar-refractivity contribution in [2.24, 2.45) is 0 Å². The van der Waals surface area contributed by atoms with Crippen molar-refractivity contribution >= 4 is 25.2 Å². The molecule has 20 heavy (non-hydrogen) atoms. The van der Waals surface area contributed by atoms with Crippen molar-refractivity contribution in [2.75, 3.05) is 5.88 Å². The summed E-state index contributed by atoms with van der Waals surface area (Å²) in [5, 5.41) is 1.49. The van der Waals surface area contributed by atoms with Crippen LogP contribution in [-0.2, 0) is 0 Å². The molecule has 0 heterocycles. The van der Waals surface area contributed by atoms with Crippen LogP contribution in [0.5, 0.6) is 0 Å². The number of hydrogen-bond donors (Lipinski definition) is 0. The SMILES string of the molecule is CC(C)=CCC/C(=C(\CCl)[Si](C)(C)C)c1ccccc1. The zero-order valence-corrected chi connectivity index (χ0v) is 15.2. The molecule has 0 N–H and O–H groups in total. The van der Waals surface area contributed by atoms with E-state index in [1.54, 1.807) is 0 Å². The molecule has 0 aliphatic rings. The van der Waals surface area contributed by atoms with Gasteiger partial charge in [-0.3, -0.25) is 0 Å². The van der Waals surface area contributed by atoms with Crippen molar-refractivity contribution in [3.63, 3.8) is 0 Å². The number of benzene rings is 1. The van der Waals surface area contributed by atoms with E-state index < -0.39 is 8.07 Å². The third kappa shape index (κ3) is 5.30. The highest BCUT2D eigenvalue weighted by atomic mass is 35.5. The predicted octanol–water partition coefficient (Wildman–Crippen LogP) is 6.30. The van der Waals surface area contributed by atoms with Gasteiger partial charge in [0.2, 0.25) is 0 Å². The molecular formula is C18H27ClSi. The van der Waals surface area contributed by atoms with Crippen LogP contribution in [0, 0.1) is 0 Å². The van der Waals surface area contributed by atoms with Gasteiger partial charge in [-0.25, -0.2) is 0 Å². The Bertz CT molecular complexity index is 474. The van der Waals surface area contributed by atoms with Crippen LogP contribution in [0.4, 0.5) is 0 Å². The molecule has 0 unspecified atom stereocenters. The molecule has 0 bridgehead atoms. The molecular weight excluding hydrogens is 280 g/mol. The number of allylic oxidation sites excluding steroid dienone is 4.